The summed E-state index contributed by atoms with van der Waals surface area (Å²) in [6, 6.07) is 15.8. The molecule has 8 nitrogen and oxygen atoms in total. The van der Waals surface area contributed by atoms with E-state index in [1.54, 1.807) is 14.0 Å². The molecule has 0 aliphatic heterocycles. The summed E-state index contributed by atoms with van der Waals surface area (Å²) in [6.07, 6.45) is 1.31. The third-order valence-electron chi connectivity index (χ3n) is 5.44. The molecule has 35 heavy (non-hydrogen) atoms. The number of nitro groups is 1. The lowest BCUT2D eigenvalue weighted by atomic mass is 9.98. The molecule has 0 spiro atoms. The number of phenolic OH excluding ortho intramolecular Hbond substituents is 1. The second-order valence-corrected chi connectivity index (χ2v) is 8.80. The van der Waals surface area contributed by atoms with E-state index in [9.17, 15) is 20.0 Å². The number of carbonyl (C=O) groups excluding carboxylic acids is 1. The van der Waals surface area contributed by atoms with Crippen LogP contribution in [0, 0.1) is 17.0 Å². The van der Waals surface area contributed by atoms with E-state index in [4.69, 9.17) is 9.47 Å². The number of esters is 1. The molecule has 178 valence electrons. The molecule has 9 heteroatoms. The summed E-state index contributed by atoms with van der Waals surface area (Å²) in [4.78, 5) is 28.7. The lowest BCUT2D eigenvalue weighted by molar-refractivity contribution is -0.385. The number of nitro benzene ring substituents is 1. The fourth-order valence-electron chi connectivity index (χ4n) is 3.80. The molecule has 4 rings (SSSR count). The Bertz CT molecular complexity index is 1470. The second kappa shape index (κ2) is 9.94. The Labute approximate surface area is 205 Å². The number of aliphatic imine (C=N–C) groups is 1. The van der Waals surface area contributed by atoms with Crippen LogP contribution in [0.2, 0.25) is 0 Å². The Hall–Kier alpha value is -4.24. The van der Waals surface area contributed by atoms with Crippen LogP contribution in [-0.4, -0.2) is 35.9 Å². The van der Waals surface area contributed by atoms with Gasteiger partial charge in [0, 0.05) is 28.3 Å². The summed E-state index contributed by atoms with van der Waals surface area (Å²) in [7, 11) is 1.62. The molecule has 0 amide bonds. The Morgan fingerprint density at radius 1 is 1.17 bits per heavy atom. The highest BCUT2D eigenvalue weighted by Crippen LogP contribution is 2.43. The van der Waals surface area contributed by atoms with E-state index in [0.29, 0.717) is 16.1 Å². The quantitative estimate of drug-likeness (QED) is 0.138. The van der Waals surface area contributed by atoms with Crippen LogP contribution in [0.25, 0.3) is 21.9 Å². The van der Waals surface area contributed by atoms with E-state index in [2.05, 4.69) is 4.99 Å². The van der Waals surface area contributed by atoms with Gasteiger partial charge in [-0.15, -0.1) is 11.3 Å². The SMILES string of the molecule is CCOC(=O)c1c(/N=C/c2cccc([N+](=O)[O-])c2O)sc(C)c1-c1ccc2cc(OC)ccc2c1. The topological polar surface area (TPSA) is 111 Å². The molecule has 0 aliphatic rings. The molecule has 0 unspecified atom stereocenters. The minimum Gasteiger partial charge on any atom is -0.502 e. The second-order valence-electron chi connectivity index (χ2n) is 7.59. The van der Waals surface area contributed by atoms with Crippen LogP contribution in [0.3, 0.4) is 0 Å². The van der Waals surface area contributed by atoms with E-state index in [-0.39, 0.29) is 12.2 Å². The number of ether oxygens (including phenoxy) is 2. The number of hydrogen-bond acceptors (Lipinski definition) is 8. The van der Waals surface area contributed by atoms with Crippen molar-refractivity contribution in [3.8, 4) is 22.6 Å². The number of methoxy groups -OCH3 is 1. The lowest BCUT2D eigenvalue weighted by Crippen LogP contribution is -2.05. The number of carbonyl (C=O) groups is 1. The van der Waals surface area contributed by atoms with Crippen molar-refractivity contribution >= 4 is 45.0 Å². The molecule has 4 aromatic rings. The summed E-state index contributed by atoms with van der Waals surface area (Å²) in [5.41, 5.74) is 1.60. The van der Waals surface area contributed by atoms with Crippen molar-refractivity contribution in [3.05, 3.63) is 80.7 Å². The number of phenols is 1. The van der Waals surface area contributed by atoms with Gasteiger partial charge in [0.2, 0.25) is 5.75 Å². The highest BCUT2D eigenvalue weighted by molar-refractivity contribution is 7.16. The van der Waals surface area contributed by atoms with Crippen LogP contribution < -0.4 is 4.74 Å². The molecule has 0 bridgehead atoms. The molecule has 0 aliphatic carbocycles. The number of aromatic hydroxyl groups is 1. The average Bonchev–Trinajstić information content (AvgIpc) is 3.18. The first-order chi connectivity index (χ1) is 16.8. The molecule has 1 aromatic heterocycles. The van der Waals surface area contributed by atoms with Crippen molar-refractivity contribution < 1.29 is 24.3 Å². The maximum absolute atomic E-state index is 13.0. The normalized spacial score (nSPS) is 11.2. The number of para-hydroxylation sites is 1. The van der Waals surface area contributed by atoms with Crippen molar-refractivity contribution in [1.82, 2.24) is 0 Å². The summed E-state index contributed by atoms with van der Waals surface area (Å²) < 4.78 is 10.6. The van der Waals surface area contributed by atoms with E-state index >= 15 is 0 Å². The third-order valence-corrected chi connectivity index (χ3v) is 6.46. The Balaban J connectivity index is 1.83. The minimum atomic E-state index is -0.667. The summed E-state index contributed by atoms with van der Waals surface area (Å²) >= 11 is 1.30. The van der Waals surface area contributed by atoms with Crippen LogP contribution in [0.5, 0.6) is 11.5 Å². The molecule has 1 heterocycles. The van der Waals surface area contributed by atoms with Gasteiger partial charge in [-0.2, -0.15) is 0 Å². The monoisotopic (exact) mass is 490 g/mol. The first-order valence-electron chi connectivity index (χ1n) is 10.7. The summed E-state index contributed by atoms with van der Waals surface area (Å²) in [5.74, 6) is -0.250. The first kappa shape index (κ1) is 23.9. The number of thiophene rings is 1. The lowest BCUT2D eigenvalue weighted by Gasteiger charge is -2.09. The number of rotatable bonds is 7. The summed E-state index contributed by atoms with van der Waals surface area (Å²) in [5, 5.41) is 23.7. The van der Waals surface area contributed by atoms with Gasteiger partial charge in [0.25, 0.3) is 0 Å². The molecule has 0 fully saturated rings. The van der Waals surface area contributed by atoms with Crippen molar-refractivity contribution in [2.24, 2.45) is 4.99 Å². The van der Waals surface area contributed by atoms with Crippen molar-refractivity contribution in [2.45, 2.75) is 13.8 Å². The molecule has 0 saturated carbocycles. The number of fused-ring (bicyclic) bond motifs is 1. The van der Waals surface area contributed by atoms with Gasteiger partial charge in [0.05, 0.1) is 18.6 Å². The van der Waals surface area contributed by atoms with Gasteiger partial charge in [-0.05, 0) is 54.4 Å². The highest BCUT2D eigenvalue weighted by Gasteiger charge is 2.24. The van der Waals surface area contributed by atoms with Crippen LogP contribution in [0.15, 0.2) is 59.6 Å². The fourth-order valence-corrected chi connectivity index (χ4v) is 4.80. The Morgan fingerprint density at radius 3 is 2.63 bits per heavy atom. The molecular formula is C26H22N2O6S. The van der Waals surface area contributed by atoms with Crippen LogP contribution in [0.4, 0.5) is 10.7 Å². The van der Waals surface area contributed by atoms with E-state index in [0.717, 1.165) is 27.0 Å². The largest absolute Gasteiger partial charge is 0.502 e. The molecular weight excluding hydrogens is 468 g/mol. The van der Waals surface area contributed by atoms with Crippen LogP contribution in [0.1, 0.15) is 27.7 Å². The standard InChI is InChI=1S/C26H22N2O6S/c1-4-34-26(30)23-22(18-9-8-17-13-20(33-3)11-10-16(17)12-18)15(2)35-25(23)27-14-19-6-5-7-21(24(19)29)28(31)32/h5-14,29H,4H2,1-3H3/b27-14+. The predicted octanol–water partition coefficient (Wildman–Crippen LogP) is 6.43. The van der Waals surface area contributed by atoms with Crippen molar-refractivity contribution in [1.29, 1.82) is 0 Å². The van der Waals surface area contributed by atoms with Crippen molar-refractivity contribution in [3.63, 3.8) is 0 Å². The van der Waals surface area contributed by atoms with E-state index < -0.39 is 22.3 Å². The molecule has 1 N–H and O–H groups in total. The highest BCUT2D eigenvalue weighted by atomic mass is 32.1. The zero-order chi connectivity index (χ0) is 25.1. The zero-order valence-corrected chi connectivity index (χ0v) is 20.1. The maximum atomic E-state index is 13.0. The number of nitrogens with zero attached hydrogens (tertiary/aromatic N) is 2. The number of benzene rings is 3. The zero-order valence-electron chi connectivity index (χ0n) is 19.3. The smallest absolute Gasteiger partial charge is 0.341 e. The number of hydrogen-bond donors (Lipinski definition) is 1. The molecule has 0 radical (unpaired) electrons. The van der Waals surface area contributed by atoms with Crippen molar-refractivity contribution in [2.75, 3.05) is 13.7 Å². The van der Waals surface area contributed by atoms with Gasteiger partial charge in [0.1, 0.15) is 16.3 Å². The van der Waals surface area contributed by atoms with E-state index in [1.807, 2.05) is 43.3 Å². The Morgan fingerprint density at radius 2 is 1.91 bits per heavy atom. The minimum absolute atomic E-state index is 0.168. The fraction of sp³-hybridized carbons (Fsp3) is 0.154. The molecule has 3 aromatic carbocycles. The van der Waals surface area contributed by atoms with Gasteiger partial charge >= 0.3 is 11.7 Å². The first-order valence-corrected chi connectivity index (χ1v) is 11.5. The van der Waals surface area contributed by atoms with Gasteiger partial charge in [-0.25, -0.2) is 9.79 Å². The molecule has 0 atom stereocenters. The predicted molar refractivity (Wildman–Crippen MR) is 137 cm³/mol. The Kier molecular flexibility index (Phi) is 6.79. The third kappa shape index (κ3) is 4.71. The maximum Gasteiger partial charge on any atom is 0.341 e. The van der Waals surface area contributed by atoms with Crippen LogP contribution in [-0.2, 0) is 4.74 Å². The number of aryl methyl sites for hydroxylation is 1. The molecule has 0 saturated heterocycles. The van der Waals surface area contributed by atoms with Gasteiger partial charge < -0.3 is 14.6 Å². The summed E-state index contributed by atoms with van der Waals surface area (Å²) in [6.45, 7) is 3.81. The van der Waals surface area contributed by atoms with Gasteiger partial charge in [-0.1, -0.05) is 24.3 Å². The average molecular weight is 491 g/mol. The van der Waals surface area contributed by atoms with Gasteiger partial charge in [-0.3, -0.25) is 10.1 Å². The van der Waals surface area contributed by atoms with Gasteiger partial charge in [0.15, 0.2) is 0 Å². The van der Waals surface area contributed by atoms with Crippen LogP contribution >= 0.6 is 11.3 Å². The van der Waals surface area contributed by atoms with E-state index in [1.165, 1.54) is 35.8 Å².